The topological polar surface area (TPSA) is 78.7 Å². The summed E-state index contributed by atoms with van der Waals surface area (Å²) in [7, 11) is 0. The van der Waals surface area contributed by atoms with Gasteiger partial charge in [0.15, 0.2) is 0 Å². The van der Waals surface area contributed by atoms with Crippen LogP contribution in [0.1, 0.15) is 38.5 Å². The predicted molar refractivity (Wildman–Crippen MR) is 122 cm³/mol. The lowest BCUT2D eigenvalue weighted by atomic mass is 9.85. The number of para-hydroxylation sites is 1. The largest absolute Gasteiger partial charge is 0.368 e. The van der Waals surface area contributed by atoms with Gasteiger partial charge in [-0.15, -0.1) is 24.8 Å². The first-order valence-electron chi connectivity index (χ1n) is 10.2. The van der Waals surface area contributed by atoms with Crippen molar-refractivity contribution in [1.82, 2.24) is 10.2 Å². The Bertz CT molecular complexity index is 624. The van der Waals surface area contributed by atoms with E-state index in [0.717, 1.165) is 51.9 Å². The van der Waals surface area contributed by atoms with Crippen molar-refractivity contribution < 1.29 is 9.59 Å². The number of anilines is 1. The van der Waals surface area contributed by atoms with Crippen molar-refractivity contribution in [3.05, 3.63) is 30.3 Å². The van der Waals surface area contributed by atoms with Crippen LogP contribution in [-0.2, 0) is 9.59 Å². The van der Waals surface area contributed by atoms with E-state index in [1.165, 1.54) is 5.69 Å². The number of amides is 2. The van der Waals surface area contributed by atoms with Crippen LogP contribution >= 0.6 is 24.8 Å². The molecule has 0 bridgehead atoms. The lowest BCUT2D eigenvalue weighted by molar-refractivity contribution is -0.132. The number of hydrogen-bond acceptors (Lipinski definition) is 4. The number of carbonyl (C=O) groups excluding carboxylic acids is 2. The molecule has 2 aliphatic rings. The zero-order valence-electron chi connectivity index (χ0n) is 16.9. The van der Waals surface area contributed by atoms with E-state index in [2.05, 4.69) is 22.3 Å². The third kappa shape index (κ3) is 7.68. The summed E-state index contributed by atoms with van der Waals surface area (Å²) < 4.78 is 0. The van der Waals surface area contributed by atoms with Gasteiger partial charge in [-0.05, 0) is 37.8 Å². The van der Waals surface area contributed by atoms with Gasteiger partial charge < -0.3 is 20.9 Å². The molecule has 2 atom stereocenters. The van der Waals surface area contributed by atoms with Crippen molar-refractivity contribution in [3.63, 3.8) is 0 Å². The Morgan fingerprint density at radius 1 is 1.03 bits per heavy atom. The van der Waals surface area contributed by atoms with Gasteiger partial charge in [0.25, 0.3) is 0 Å². The highest BCUT2D eigenvalue weighted by atomic mass is 35.5. The van der Waals surface area contributed by atoms with Crippen molar-refractivity contribution in [2.24, 2.45) is 11.7 Å². The molecule has 1 aliphatic carbocycles. The molecule has 2 fully saturated rings. The summed E-state index contributed by atoms with van der Waals surface area (Å²) in [6, 6.07) is 10.5. The second-order valence-corrected chi connectivity index (χ2v) is 7.72. The van der Waals surface area contributed by atoms with Crippen LogP contribution in [0, 0.1) is 5.92 Å². The lowest BCUT2D eigenvalue weighted by Gasteiger charge is -2.36. The van der Waals surface area contributed by atoms with Crippen LogP contribution in [0.3, 0.4) is 0 Å². The van der Waals surface area contributed by atoms with Gasteiger partial charge in [-0.25, -0.2) is 0 Å². The number of halogens is 2. The summed E-state index contributed by atoms with van der Waals surface area (Å²) in [6.45, 7) is 3.84. The molecule has 6 nitrogen and oxygen atoms in total. The molecular formula is C21H34Cl2N4O2. The Hall–Kier alpha value is -1.50. The molecule has 1 saturated carbocycles. The van der Waals surface area contributed by atoms with Crippen LogP contribution in [0.4, 0.5) is 5.69 Å². The smallest absolute Gasteiger partial charge is 0.223 e. The average Bonchev–Trinajstić information content (AvgIpc) is 2.71. The third-order valence-corrected chi connectivity index (χ3v) is 5.71. The molecule has 0 spiro atoms. The van der Waals surface area contributed by atoms with Gasteiger partial charge in [0, 0.05) is 56.8 Å². The van der Waals surface area contributed by atoms with Crippen LogP contribution in [-0.4, -0.2) is 55.5 Å². The Labute approximate surface area is 186 Å². The number of nitrogens with one attached hydrogen (secondary N) is 1. The molecule has 164 valence electrons. The Kier molecular flexibility index (Phi) is 11.4. The van der Waals surface area contributed by atoms with Crippen LogP contribution < -0.4 is 16.0 Å². The van der Waals surface area contributed by atoms with Gasteiger partial charge in [0.1, 0.15) is 0 Å². The van der Waals surface area contributed by atoms with Crippen molar-refractivity contribution in [2.75, 3.05) is 37.6 Å². The van der Waals surface area contributed by atoms with Gasteiger partial charge in [-0.3, -0.25) is 9.59 Å². The first-order valence-corrected chi connectivity index (χ1v) is 10.2. The minimum Gasteiger partial charge on any atom is -0.368 e. The van der Waals surface area contributed by atoms with E-state index < -0.39 is 0 Å². The summed E-state index contributed by atoms with van der Waals surface area (Å²) in [4.78, 5) is 28.9. The van der Waals surface area contributed by atoms with E-state index in [-0.39, 0.29) is 48.6 Å². The van der Waals surface area contributed by atoms with E-state index in [9.17, 15) is 9.59 Å². The lowest BCUT2D eigenvalue weighted by Crippen LogP contribution is -2.48. The molecule has 1 aromatic rings. The molecule has 8 heteroatoms. The summed E-state index contributed by atoms with van der Waals surface area (Å²) in [5.74, 6) is 0.348. The van der Waals surface area contributed by atoms with E-state index in [4.69, 9.17) is 5.73 Å². The number of carbonyl (C=O) groups is 2. The monoisotopic (exact) mass is 444 g/mol. The van der Waals surface area contributed by atoms with Gasteiger partial charge in [0.2, 0.25) is 11.8 Å². The molecule has 1 aromatic carbocycles. The van der Waals surface area contributed by atoms with Crippen LogP contribution in [0.25, 0.3) is 0 Å². The fourth-order valence-corrected chi connectivity index (χ4v) is 4.07. The van der Waals surface area contributed by atoms with Crippen molar-refractivity contribution in [2.45, 2.75) is 44.6 Å². The molecule has 3 rings (SSSR count). The van der Waals surface area contributed by atoms with E-state index in [1.807, 2.05) is 23.1 Å². The first-order chi connectivity index (χ1) is 13.1. The molecule has 0 aromatic heterocycles. The van der Waals surface area contributed by atoms with Gasteiger partial charge in [-0.1, -0.05) is 24.6 Å². The molecule has 29 heavy (non-hydrogen) atoms. The predicted octanol–water partition coefficient (Wildman–Crippen LogP) is 2.59. The molecule has 2 amide bonds. The zero-order chi connectivity index (χ0) is 19.1. The second kappa shape index (κ2) is 12.9. The number of nitrogens with zero attached hydrogens (tertiary/aromatic N) is 2. The van der Waals surface area contributed by atoms with Crippen LogP contribution in [0.2, 0.25) is 0 Å². The highest BCUT2D eigenvalue weighted by molar-refractivity contribution is 5.85. The molecular weight excluding hydrogens is 411 g/mol. The van der Waals surface area contributed by atoms with Gasteiger partial charge in [0.05, 0.1) is 0 Å². The molecule has 1 saturated heterocycles. The third-order valence-electron chi connectivity index (χ3n) is 5.71. The molecule has 1 heterocycles. The van der Waals surface area contributed by atoms with Crippen molar-refractivity contribution in [3.8, 4) is 0 Å². The Balaban J connectivity index is 0.00000210. The molecule has 3 N–H and O–H groups in total. The SMILES string of the molecule is Cl.Cl.NC1CCCC(C(=O)NCCCC(=O)N2CCN(c3ccccc3)CC2)C1. The zero-order valence-corrected chi connectivity index (χ0v) is 18.6. The maximum absolute atomic E-state index is 12.4. The van der Waals surface area contributed by atoms with Gasteiger partial charge in [-0.2, -0.15) is 0 Å². The standard InChI is InChI=1S/C21H32N4O2.2ClH/c22-18-7-4-6-17(16-18)21(27)23-11-5-10-20(26)25-14-12-24(13-15-25)19-8-2-1-3-9-19;;/h1-3,8-9,17-18H,4-7,10-16,22H2,(H,23,27);2*1H. The quantitative estimate of drug-likeness (QED) is 0.660. The van der Waals surface area contributed by atoms with Gasteiger partial charge >= 0.3 is 0 Å². The maximum atomic E-state index is 12.4. The number of hydrogen-bond donors (Lipinski definition) is 2. The van der Waals surface area contributed by atoms with Crippen molar-refractivity contribution >= 4 is 42.3 Å². The fourth-order valence-electron chi connectivity index (χ4n) is 4.07. The normalized spacial score (nSPS) is 21.6. The first kappa shape index (κ1) is 25.5. The molecule has 1 aliphatic heterocycles. The number of benzene rings is 1. The minimum atomic E-state index is 0. The van der Waals surface area contributed by atoms with Crippen molar-refractivity contribution in [1.29, 1.82) is 0 Å². The Morgan fingerprint density at radius 2 is 1.72 bits per heavy atom. The molecule has 2 unspecified atom stereocenters. The highest BCUT2D eigenvalue weighted by Gasteiger charge is 2.25. The average molecular weight is 445 g/mol. The number of rotatable bonds is 6. The Morgan fingerprint density at radius 3 is 2.38 bits per heavy atom. The summed E-state index contributed by atoms with van der Waals surface area (Å²) in [5, 5.41) is 2.99. The number of nitrogens with two attached hydrogens (primary N) is 1. The summed E-state index contributed by atoms with van der Waals surface area (Å²) >= 11 is 0. The van der Waals surface area contributed by atoms with Crippen LogP contribution in [0.15, 0.2) is 30.3 Å². The second-order valence-electron chi connectivity index (χ2n) is 7.72. The maximum Gasteiger partial charge on any atom is 0.223 e. The summed E-state index contributed by atoms with van der Waals surface area (Å²) in [6.07, 6.45) is 4.97. The van der Waals surface area contributed by atoms with E-state index >= 15 is 0 Å². The van der Waals surface area contributed by atoms with E-state index in [0.29, 0.717) is 19.4 Å². The van der Waals surface area contributed by atoms with E-state index in [1.54, 1.807) is 0 Å². The highest BCUT2D eigenvalue weighted by Crippen LogP contribution is 2.23. The molecule has 0 radical (unpaired) electrons. The fraction of sp³-hybridized carbons (Fsp3) is 0.619. The summed E-state index contributed by atoms with van der Waals surface area (Å²) in [5.41, 5.74) is 7.17. The number of piperazine rings is 1. The van der Waals surface area contributed by atoms with Crippen LogP contribution in [0.5, 0.6) is 0 Å². The minimum absolute atomic E-state index is 0.